The van der Waals surface area contributed by atoms with Gasteiger partial charge in [-0.15, -0.1) is 0 Å². The van der Waals surface area contributed by atoms with Crippen LogP contribution in [0.25, 0.3) is 5.65 Å². The van der Waals surface area contributed by atoms with Gasteiger partial charge < -0.3 is 5.32 Å². The summed E-state index contributed by atoms with van der Waals surface area (Å²) in [5.41, 5.74) is 3.37. The lowest BCUT2D eigenvalue weighted by atomic mass is 10.2. The molecule has 0 atom stereocenters. The predicted molar refractivity (Wildman–Crippen MR) is 79.0 cm³/mol. The van der Waals surface area contributed by atoms with Gasteiger partial charge in [0.05, 0.1) is 22.9 Å². The maximum Gasteiger partial charge on any atom is 0.288 e. The Morgan fingerprint density at radius 1 is 1.50 bits per heavy atom. The van der Waals surface area contributed by atoms with E-state index in [0.29, 0.717) is 23.6 Å². The number of aromatic nitrogens is 2. The van der Waals surface area contributed by atoms with Crippen LogP contribution in [0.3, 0.4) is 0 Å². The van der Waals surface area contributed by atoms with Crippen LogP contribution in [0.4, 0.5) is 11.5 Å². The van der Waals surface area contributed by atoms with Gasteiger partial charge in [0.2, 0.25) is 0 Å². The van der Waals surface area contributed by atoms with E-state index in [1.807, 2.05) is 6.92 Å². The molecule has 3 N–H and O–H groups in total. The van der Waals surface area contributed by atoms with Crippen molar-refractivity contribution >= 4 is 23.1 Å². The van der Waals surface area contributed by atoms with Gasteiger partial charge in [-0.1, -0.05) is 13.3 Å². The number of carbonyl (C=O) groups is 1. The number of amides is 1. The quantitative estimate of drug-likeness (QED) is 0.421. The number of hydrogen-bond donors (Lipinski definition) is 3. The van der Waals surface area contributed by atoms with E-state index in [-0.39, 0.29) is 12.2 Å². The minimum absolute atomic E-state index is 0.0157. The van der Waals surface area contributed by atoms with Crippen LogP contribution in [0.15, 0.2) is 12.1 Å². The van der Waals surface area contributed by atoms with Crippen molar-refractivity contribution in [1.82, 2.24) is 14.9 Å². The first kappa shape index (κ1) is 15.7. The summed E-state index contributed by atoms with van der Waals surface area (Å²) in [5, 5.41) is 22.4. The van der Waals surface area contributed by atoms with Crippen molar-refractivity contribution < 1.29 is 14.9 Å². The third-order valence-corrected chi connectivity index (χ3v) is 3.32. The summed E-state index contributed by atoms with van der Waals surface area (Å²) in [5.74, 6) is -0.115. The van der Waals surface area contributed by atoms with Crippen molar-refractivity contribution in [2.45, 2.75) is 26.7 Å². The maximum absolute atomic E-state index is 11.1. The zero-order valence-corrected chi connectivity index (χ0v) is 12.3. The number of nitrogens with zero attached hydrogens (tertiary/aromatic N) is 3. The number of rotatable bonds is 6. The van der Waals surface area contributed by atoms with Gasteiger partial charge in [0, 0.05) is 6.07 Å². The summed E-state index contributed by atoms with van der Waals surface area (Å²) < 4.78 is 1.72. The maximum atomic E-state index is 11.1. The third-order valence-electron chi connectivity index (χ3n) is 3.32. The van der Waals surface area contributed by atoms with Gasteiger partial charge in [-0.25, -0.2) is 10.5 Å². The van der Waals surface area contributed by atoms with Gasteiger partial charge in [0.25, 0.3) is 11.6 Å². The lowest BCUT2D eigenvalue weighted by Gasteiger charge is -2.07. The molecule has 0 fully saturated rings. The summed E-state index contributed by atoms with van der Waals surface area (Å²) >= 11 is 0. The molecule has 0 saturated heterocycles. The van der Waals surface area contributed by atoms with Gasteiger partial charge in [-0.2, -0.15) is 0 Å². The Morgan fingerprint density at radius 3 is 2.82 bits per heavy atom. The molecule has 118 valence electrons. The van der Waals surface area contributed by atoms with Crippen LogP contribution >= 0.6 is 0 Å². The molecule has 0 unspecified atom stereocenters. The molecular weight excluding hydrogens is 290 g/mol. The molecule has 0 aromatic carbocycles. The molecule has 9 heteroatoms. The fourth-order valence-electron chi connectivity index (χ4n) is 2.35. The summed E-state index contributed by atoms with van der Waals surface area (Å²) in [6.45, 7) is 3.50. The Morgan fingerprint density at radius 2 is 2.23 bits per heavy atom. The first-order valence-corrected chi connectivity index (χ1v) is 6.81. The molecule has 0 radical (unpaired) electrons. The summed E-state index contributed by atoms with van der Waals surface area (Å²) in [6.07, 6.45) is 1.46. The van der Waals surface area contributed by atoms with Crippen molar-refractivity contribution in [3.05, 3.63) is 33.6 Å². The number of hydroxylamine groups is 1. The Kier molecular flexibility index (Phi) is 4.56. The van der Waals surface area contributed by atoms with Crippen molar-refractivity contribution in [2.24, 2.45) is 0 Å². The molecule has 2 heterocycles. The number of nitro groups is 1. The normalized spacial score (nSPS) is 10.7. The summed E-state index contributed by atoms with van der Waals surface area (Å²) in [6, 6.07) is 2.99. The largest absolute Gasteiger partial charge is 0.359 e. The number of anilines is 1. The second-order valence-electron chi connectivity index (χ2n) is 4.80. The minimum atomic E-state index is -0.595. The first-order chi connectivity index (χ1) is 10.5. The molecule has 2 aromatic rings. The van der Waals surface area contributed by atoms with Crippen LogP contribution in [-0.2, 0) is 11.2 Å². The van der Waals surface area contributed by atoms with Gasteiger partial charge >= 0.3 is 0 Å². The molecule has 0 aliphatic heterocycles. The minimum Gasteiger partial charge on any atom is -0.359 e. The first-order valence-electron chi connectivity index (χ1n) is 6.81. The average molecular weight is 307 g/mol. The van der Waals surface area contributed by atoms with Crippen molar-refractivity contribution in [1.29, 1.82) is 0 Å². The second-order valence-corrected chi connectivity index (χ2v) is 4.80. The molecule has 2 rings (SSSR count). The molecule has 22 heavy (non-hydrogen) atoms. The Labute approximate surface area is 126 Å². The zero-order valence-electron chi connectivity index (χ0n) is 12.3. The highest BCUT2D eigenvalue weighted by atomic mass is 16.6. The van der Waals surface area contributed by atoms with Crippen LogP contribution < -0.4 is 10.8 Å². The molecule has 0 aliphatic rings. The van der Waals surface area contributed by atoms with Gasteiger partial charge in [0.15, 0.2) is 0 Å². The Bertz CT molecular complexity index is 725. The lowest BCUT2D eigenvalue weighted by molar-refractivity contribution is -0.385. The van der Waals surface area contributed by atoms with Crippen LogP contribution in [0.5, 0.6) is 0 Å². The number of pyridine rings is 1. The molecule has 0 aliphatic carbocycles. The van der Waals surface area contributed by atoms with E-state index in [9.17, 15) is 14.9 Å². The molecular formula is C13H17N5O4. The van der Waals surface area contributed by atoms with Crippen LogP contribution in [0.1, 0.15) is 24.7 Å². The standard InChI is InChI=1S/C13H17N5O4/c1-3-4-10-13(14-7-12(19)16-20)15-11-6-5-9(18(21)22)8(2)17(10)11/h5-6,14,20H,3-4,7H2,1-2H3,(H,16,19). The monoisotopic (exact) mass is 307 g/mol. The van der Waals surface area contributed by atoms with Crippen LogP contribution in [-0.4, -0.2) is 32.0 Å². The number of nitrogens with one attached hydrogen (secondary N) is 2. The van der Waals surface area contributed by atoms with E-state index < -0.39 is 10.8 Å². The van der Waals surface area contributed by atoms with E-state index in [4.69, 9.17) is 5.21 Å². The Balaban J connectivity index is 2.53. The number of carbonyl (C=O) groups excluding carboxylic acids is 1. The second kappa shape index (κ2) is 6.39. The van der Waals surface area contributed by atoms with Crippen molar-refractivity contribution in [3.8, 4) is 0 Å². The lowest BCUT2D eigenvalue weighted by Crippen LogP contribution is -2.27. The molecule has 0 bridgehead atoms. The molecule has 1 amide bonds. The van der Waals surface area contributed by atoms with E-state index in [1.165, 1.54) is 11.5 Å². The van der Waals surface area contributed by atoms with Crippen LogP contribution in [0, 0.1) is 17.0 Å². The highest BCUT2D eigenvalue weighted by Crippen LogP contribution is 2.26. The molecule has 9 nitrogen and oxygen atoms in total. The molecule has 0 spiro atoms. The van der Waals surface area contributed by atoms with E-state index in [1.54, 1.807) is 17.4 Å². The average Bonchev–Trinajstić information content (AvgIpc) is 2.84. The molecule has 2 aromatic heterocycles. The topological polar surface area (TPSA) is 122 Å². The third kappa shape index (κ3) is 2.84. The van der Waals surface area contributed by atoms with Gasteiger partial charge in [-0.05, 0) is 19.4 Å². The van der Waals surface area contributed by atoms with Gasteiger partial charge in [-0.3, -0.25) is 24.5 Å². The van der Waals surface area contributed by atoms with Crippen LogP contribution in [0.2, 0.25) is 0 Å². The number of hydrogen-bond acceptors (Lipinski definition) is 6. The Hall–Kier alpha value is -2.68. The number of aryl methyl sites for hydroxylation is 2. The summed E-state index contributed by atoms with van der Waals surface area (Å²) in [4.78, 5) is 26.1. The summed E-state index contributed by atoms with van der Waals surface area (Å²) in [7, 11) is 0. The highest BCUT2D eigenvalue weighted by molar-refractivity contribution is 5.79. The van der Waals surface area contributed by atoms with E-state index >= 15 is 0 Å². The number of fused-ring (bicyclic) bond motifs is 1. The van der Waals surface area contributed by atoms with Crippen molar-refractivity contribution in [3.63, 3.8) is 0 Å². The fraction of sp³-hybridized carbons (Fsp3) is 0.385. The van der Waals surface area contributed by atoms with E-state index in [2.05, 4.69) is 10.3 Å². The smallest absolute Gasteiger partial charge is 0.288 e. The van der Waals surface area contributed by atoms with E-state index in [0.717, 1.165) is 12.1 Å². The fourth-order valence-corrected chi connectivity index (χ4v) is 2.35. The van der Waals surface area contributed by atoms with Crippen molar-refractivity contribution in [2.75, 3.05) is 11.9 Å². The number of imidazole rings is 1. The molecule has 0 saturated carbocycles. The highest BCUT2D eigenvalue weighted by Gasteiger charge is 2.19. The van der Waals surface area contributed by atoms with Gasteiger partial charge in [0.1, 0.15) is 11.5 Å². The SMILES string of the molecule is CCCc1c(NCC(=O)NO)nc2ccc([N+](=O)[O-])c(C)n12. The zero-order chi connectivity index (χ0) is 16.3. The predicted octanol–water partition coefficient (Wildman–Crippen LogP) is 1.42.